The average molecular weight is 425 g/mol. The first kappa shape index (κ1) is 19.6. The number of rotatable bonds is 7. The van der Waals surface area contributed by atoms with Crippen LogP contribution in [0.25, 0.3) is 21.7 Å². The molecular formula is C21H20N4O2S2. The first-order valence-corrected chi connectivity index (χ1v) is 11.1. The normalized spacial score (nSPS) is 11.2. The number of nitrogens with zero attached hydrogens (tertiary/aromatic N) is 4. The summed E-state index contributed by atoms with van der Waals surface area (Å²) >= 11 is 3.08. The zero-order chi connectivity index (χ0) is 20.4. The van der Waals surface area contributed by atoms with Crippen LogP contribution >= 0.6 is 23.1 Å². The molecule has 0 spiro atoms. The Kier molecular flexibility index (Phi) is 5.64. The molecule has 0 N–H and O–H groups in total. The number of benzene rings is 1. The third kappa shape index (κ3) is 3.90. The van der Waals surface area contributed by atoms with Crippen molar-refractivity contribution in [2.24, 2.45) is 0 Å². The molecule has 1 aromatic carbocycles. The Hall–Kier alpha value is -2.71. The third-order valence-electron chi connectivity index (χ3n) is 4.48. The first-order valence-electron chi connectivity index (χ1n) is 9.26. The van der Waals surface area contributed by atoms with Crippen molar-refractivity contribution in [2.45, 2.75) is 37.7 Å². The molecule has 0 radical (unpaired) electrons. The molecule has 29 heavy (non-hydrogen) atoms. The Bertz CT molecular complexity index is 1240. The SMILES string of the molecule is C=CCn1c(SCc2nnc(-c3cc(C)c(CC)s3)o2)nc2ccccc2c1=O. The molecule has 0 unspecified atom stereocenters. The van der Waals surface area contributed by atoms with E-state index in [1.807, 2.05) is 18.2 Å². The van der Waals surface area contributed by atoms with Gasteiger partial charge in [0.2, 0.25) is 5.89 Å². The lowest BCUT2D eigenvalue weighted by Gasteiger charge is -2.10. The van der Waals surface area contributed by atoms with Gasteiger partial charge in [0.25, 0.3) is 11.4 Å². The Morgan fingerprint density at radius 3 is 2.90 bits per heavy atom. The van der Waals surface area contributed by atoms with Gasteiger partial charge in [-0.1, -0.05) is 36.9 Å². The minimum absolute atomic E-state index is 0.0784. The van der Waals surface area contributed by atoms with Crippen molar-refractivity contribution < 1.29 is 4.42 Å². The van der Waals surface area contributed by atoms with E-state index in [2.05, 4.69) is 41.7 Å². The van der Waals surface area contributed by atoms with E-state index in [1.54, 1.807) is 28.0 Å². The molecule has 4 aromatic rings. The second-order valence-corrected chi connectivity index (χ2v) is 8.56. The van der Waals surface area contributed by atoms with Crippen LogP contribution in [0.3, 0.4) is 0 Å². The zero-order valence-electron chi connectivity index (χ0n) is 16.2. The summed E-state index contributed by atoms with van der Waals surface area (Å²) in [7, 11) is 0. The number of para-hydroxylation sites is 1. The number of aryl methyl sites for hydroxylation is 2. The number of thioether (sulfide) groups is 1. The predicted octanol–water partition coefficient (Wildman–Crippen LogP) is 4.86. The molecule has 0 atom stereocenters. The van der Waals surface area contributed by atoms with Crippen molar-refractivity contribution >= 4 is 34.0 Å². The maximum Gasteiger partial charge on any atom is 0.262 e. The molecule has 0 aliphatic rings. The van der Waals surface area contributed by atoms with Crippen LogP contribution in [0.1, 0.15) is 23.3 Å². The van der Waals surface area contributed by atoms with E-state index in [-0.39, 0.29) is 5.56 Å². The van der Waals surface area contributed by atoms with Gasteiger partial charge in [0, 0.05) is 11.4 Å². The molecule has 0 saturated carbocycles. The van der Waals surface area contributed by atoms with Crippen LogP contribution in [0.2, 0.25) is 0 Å². The fourth-order valence-corrected chi connectivity index (χ4v) is 4.94. The van der Waals surface area contributed by atoms with Crippen LogP contribution in [-0.2, 0) is 18.7 Å². The average Bonchev–Trinajstić information content (AvgIpc) is 3.35. The Labute approximate surface area is 176 Å². The summed E-state index contributed by atoms with van der Waals surface area (Å²) in [6, 6.07) is 9.43. The van der Waals surface area contributed by atoms with Gasteiger partial charge >= 0.3 is 0 Å². The maximum atomic E-state index is 12.8. The molecule has 4 rings (SSSR count). The minimum atomic E-state index is -0.0784. The second-order valence-electron chi connectivity index (χ2n) is 6.48. The highest BCUT2D eigenvalue weighted by Crippen LogP contribution is 2.31. The van der Waals surface area contributed by atoms with Gasteiger partial charge in [-0.05, 0) is 37.1 Å². The van der Waals surface area contributed by atoms with Crippen molar-refractivity contribution in [3.05, 3.63) is 69.7 Å². The molecule has 6 nitrogen and oxygen atoms in total. The molecule has 3 aromatic heterocycles. The predicted molar refractivity (Wildman–Crippen MR) is 117 cm³/mol. The molecule has 0 aliphatic carbocycles. The first-order chi connectivity index (χ1) is 14.1. The molecule has 0 aliphatic heterocycles. The third-order valence-corrected chi connectivity index (χ3v) is 6.81. The molecule has 0 fully saturated rings. The molecule has 3 heterocycles. The fraction of sp³-hybridized carbons (Fsp3) is 0.238. The summed E-state index contributed by atoms with van der Waals surface area (Å²) in [6.07, 6.45) is 2.68. The van der Waals surface area contributed by atoms with E-state index in [0.29, 0.717) is 40.1 Å². The van der Waals surface area contributed by atoms with Gasteiger partial charge in [0.1, 0.15) is 0 Å². The summed E-state index contributed by atoms with van der Waals surface area (Å²) in [4.78, 5) is 19.8. The number of hydrogen-bond acceptors (Lipinski definition) is 7. The Morgan fingerprint density at radius 1 is 1.31 bits per heavy atom. The van der Waals surface area contributed by atoms with E-state index >= 15 is 0 Å². The van der Waals surface area contributed by atoms with Gasteiger partial charge in [-0.3, -0.25) is 9.36 Å². The van der Waals surface area contributed by atoms with E-state index < -0.39 is 0 Å². The van der Waals surface area contributed by atoms with Gasteiger partial charge in [-0.15, -0.1) is 28.1 Å². The lowest BCUT2D eigenvalue weighted by atomic mass is 10.2. The maximum absolute atomic E-state index is 12.8. The van der Waals surface area contributed by atoms with Crippen molar-refractivity contribution in [3.8, 4) is 10.8 Å². The van der Waals surface area contributed by atoms with Crippen LogP contribution in [0.5, 0.6) is 0 Å². The highest BCUT2D eigenvalue weighted by atomic mass is 32.2. The van der Waals surface area contributed by atoms with Crippen LogP contribution in [0.15, 0.2) is 57.4 Å². The highest BCUT2D eigenvalue weighted by Gasteiger charge is 2.15. The van der Waals surface area contributed by atoms with Crippen molar-refractivity contribution in [1.82, 2.24) is 19.7 Å². The number of hydrogen-bond donors (Lipinski definition) is 0. The summed E-state index contributed by atoms with van der Waals surface area (Å²) in [5.74, 6) is 1.46. The van der Waals surface area contributed by atoms with Gasteiger partial charge in [0.05, 0.1) is 21.5 Å². The van der Waals surface area contributed by atoms with Crippen molar-refractivity contribution in [2.75, 3.05) is 0 Å². The second kappa shape index (κ2) is 8.34. The molecular weight excluding hydrogens is 404 g/mol. The monoisotopic (exact) mass is 424 g/mol. The smallest absolute Gasteiger partial charge is 0.262 e. The molecule has 0 amide bonds. The van der Waals surface area contributed by atoms with Crippen LogP contribution in [-0.4, -0.2) is 19.7 Å². The summed E-state index contributed by atoms with van der Waals surface area (Å²) in [5.41, 5.74) is 1.84. The molecule has 8 heteroatoms. The lowest BCUT2D eigenvalue weighted by molar-refractivity contribution is 0.529. The molecule has 0 bridgehead atoms. The van der Waals surface area contributed by atoms with E-state index in [0.717, 1.165) is 11.3 Å². The van der Waals surface area contributed by atoms with Crippen molar-refractivity contribution in [1.29, 1.82) is 0 Å². The number of allylic oxidation sites excluding steroid dienone is 1. The summed E-state index contributed by atoms with van der Waals surface area (Å²) in [6.45, 7) is 8.37. The number of thiophene rings is 1. The number of aromatic nitrogens is 4. The highest BCUT2D eigenvalue weighted by molar-refractivity contribution is 7.98. The number of fused-ring (bicyclic) bond motifs is 1. The van der Waals surface area contributed by atoms with Gasteiger partial charge in [0.15, 0.2) is 5.16 Å². The zero-order valence-corrected chi connectivity index (χ0v) is 17.8. The van der Waals surface area contributed by atoms with Crippen LogP contribution in [0, 0.1) is 6.92 Å². The van der Waals surface area contributed by atoms with E-state index in [9.17, 15) is 4.79 Å². The summed E-state index contributed by atoms with van der Waals surface area (Å²) in [5, 5.41) is 9.56. The van der Waals surface area contributed by atoms with Gasteiger partial charge in [-0.25, -0.2) is 4.98 Å². The van der Waals surface area contributed by atoms with Gasteiger partial charge < -0.3 is 4.42 Å². The van der Waals surface area contributed by atoms with Crippen LogP contribution in [0.4, 0.5) is 0 Å². The Balaban J connectivity index is 1.60. The van der Waals surface area contributed by atoms with E-state index in [1.165, 1.54) is 22.2 Å². The molecule has 0 saturated heterocycles. The molecule has 148 valence electrons. The largest absolute Gasteiger partial charge is 0.419 e. The Morgan fingerprint density at radius 2 is 2.14 bits per heavy atom. The topological polar surface area (TPSA) is 73.8 Å². The van der Waals surface area contributed by atoms with E-state index in [4.69, 9.17) is 4.42 Å². The quantitative estimate of drug-likeness (QED) is 0.240. The van der Waals surface area contributed by atoms with Gasteiger partial charge in [-0.2, -0.15) is 0 Å². The van der Waals surface area contributed by atoms with Crippen LogP contribution < -0.4 is 5.56 Å². The minimum Gasteiger partial charge on any atom is -0.419 e. The van der Waals surface area contributed by atoms with Crippen molar-refractivity contribution in [3.63, 3.8) is 0 Å². The lowest BCUT2D eigenvalue weighted by Crippen LogP contribution is -2.22. The standard InChI is InChI=1S/C21H20N4O2S2/c1-4-10-25-20(26)14-8-6-7-9-15(14)22-21(25)28-12-18-23-24-19(27-18)17-11-13(3)16(5-2)29-17/h4,6-9,11H,1,5,10,12H2,2-3H3. The fourth-order valence-electron chi connectivity index (χ4n) is 3.06. The summed E-state index contributed by atoms with van der Waals surface area (Å²) < 4.78 is 7.47.